The highest BCUT2D eigenvalue weighted by atomic mass is 16.3. The van der Waals surface area contributed by atoms with Gasteiger partial charge in [0.05, 0.1) is 12.5 Å². The van der Waals surface area contributed by atoms with Gasteiger partial charge in [-0.05, 0) is 30.0 Å². The molecule has 0 spiro atoms. The largest absolute Gasteiger partial charge is 0.472 e. The number of likely N-dealkylation sites (tertiary alicyclic amines) is 1. The molecule has 4 nitrogen and oxygen atoms in total. The van der Waals surface area contributed by atoms with Crippen LogP contribution < -0.4 is 5.32 Å². The molecule has 1 aliphatic heterocycles. The second kappa shape index (κ2) is 5.61. The number of fused-ring (bicyclic) bond motifs is 1. The number of nitrogens with one attached hydrogen (secondary N) is 1. The van der Waals surface area contributed by atoms with Crippen molar-refractivity contribution in [2.45, 2.75) is 37.9 Å². The summed E-state index contributed by atoms with van der Waals surface area (Å²) in [6, 6.07) is 11.1. The second-order valence-corrected chi connectivity index (χ2v) is 6.29. The highest BCUT2D eigenvalue weighted by Gasteiger charge is 2.36. The van der Waals surface area contributed by atoms with Crippen molar-refractivity contribution in [3.8, 4) is 0 Å². The van der Waals surface area contributed by atoms with E-state index in [0.29, 0.717) is 12.5 Å². The van der Waals surface area contributed by atoms with Crippen molar-refractivity contribution in [3.63, 3.8) is 0 Å². The standard InChI is InChI=1S/C18H20N2O2/c21-18-9-16(19-10-13-5-6-22-12-13)11-20(18)17-7-14-3-1-2-4-15(14)8-17/h1-6,12,16-17,19H,7-11H2/t16-/m1/s1. The number of hydrogen-bond donors (Lipinski definition) is 1. The molecule has 4 heteroatoms. The van der Waals surface area contributed by atoms with E-state index in [1.165, 1.54) is 11.1 Å². The van der Waals surface area contributed by atoms with Gasteiger partial charge in [0, 0.05) is 37.2 Å². The smallest absolute Gasteiger partial charge is 0.224 e. The van der Waals surface area contributed by atoms with Gasteiger partial charge in [0.25, 0.3) is 0 Å². The molecule has 1 aromatic heterocycles. The Morgan fingerprint density at radius 3 is 2.59 bits per heavy atom. The summed E-state index contributed by atoms with van der Waals surface area (Å²) in [7, 11) is 0. The molecule has 2 heterocycles. The predicted octanol–water partition coefficient (Wildman–Crippen LogP) is 2.14. The fraction of sp³-hybridized carbons (Fsp3) is 0.389. The van der Waals surface area contributed by atoms with Crippen molar-refractivity contribution in [2.24, 2.45) is 0 Å². The molecule has 22 heavy (non-hydrogen) atoms. The molecule has 0 bridgehead atoms. The Bertz CT molecular complexity index is 640. The van der Waals surface area contributed by atoms with E-state index >= 15 is 0 Å². The van der Waals surface area contributed by atoms with Crippen LogP contribution in [0.1, 0.15) is 23.1 Å². The third-order valence-corrected chi connectivity index (χ3v) is 4.80. The molecule has 1 atom stereocenters. The molecule has 0 unspecified atom stereocenters. The van der Waals surface area contributed by atoms with Gasteiger partial charge in [0.15, 0.2) is 0 Å². The number of furan rings is 1. The average Bonchev–Trinajstić information content (AvgIpc) is 3.24. The first-order chi connectivity index (χ1) is 10.8. The molecule has 1 aliphatic carbocycles. The lowest BCUT2D eigenvalue weighted by molar-refractivity contribution is -0.129. The van der Waals surface area contributed by atoms with E-state index in [1.54, 1.807) is 12.5 Å². The van der Waals surface area contributed by atoms with Gasteiger partial charge in [0.2, 0.25) is 5.91 Å². The lowest BCUT2D eigenvalue weighted by atomic mass is 10.1. The zero-order valence-corrected chi connectivity index (χ0v) is 12.5. The van der Waals surface area contributed by atoms with E-state index < -0.39 is 0 Å². The molecule has 0 radical (unpaired) electrons. The summed E-state index contributed by atoms with van der Waals surface area (Å²) in [5.74, 6) is 0.280. The Hall–Kier alpha value is -2.07. The molecule has 2 aromatic rings. The number of benzene rings is 1. The Morgan fingerprint density at radius 1 is 1.14 bits per heavy atom. The van der Waals surface area contributed by atoms with Crippen LogP contribution in [0, 0.1) is 0 Å². The lowest BCUT2D eigenvalue weighted by Crippen LogP contribution is -2.39. The van der Waals surface area contributed by atoms with E-state index in [9.17, 15) is 4.79 Å². The third kappa shape index (κ3) is 2.55. The summed E-state index contributed by atoms with van der Waals surface area (Å²) in [4.78, 5) is 14.4. The Kier molecular flexibility index (Phi) is 3.47. The summed E-state index contributed by atoms with van der Waals surface area (Å²) in [6.45, 7) is 1.57. The Balaban J connectivity index is 1.37. The van der Waals surface area contributed by atoms with Crippen LogP contribution in [0.25, 0.3) is 0 Å². The second-order valence-electron chi connectivity index (χ2n) is 6.29. The van der Waals surface area contributed by atoms with Gasteiger partial charge in [-0.2, -0.15) is 0 Å². The predicted molar refractivity (Wildman–Crippen MR) is 83.3 cm³/mol. The Labute approximate surface area is 130 Å². The van der Waals surface area contributed by atoms with E-state index in [0.717, 1.165) is 31.5 Å². The van der Waals surface area contributed by atoms with Crippen molar-refractivity contribution >= 4 is 5.91 Å². The monoisotopic (exact) mass is 296 g/mol. The molecule has 1 N–H and O–H groups in total. The molecule has 2 aliphatic rings. The van der Waals surface area contributed by atoms with Gasteiger partial charge in [0.1, 0.15) is 0 Å². The fourth-order valence-corrected chi connectivity index (χ4v) is 3.63. The van der Waals surface area contributed by atoms with E-state index in [2.05, 4.69) is 34.5 Å². The van der Waals surface area contributed by atoms with Crippen molar-refractivity contribution in [2.75, 3.05) is 6.54 Å². The van der Waals surface area contributed by atoms with E-state index in [-0.39, 0.29) is 11.9 Å². The lowest BCUT2D eigenvalue weighted by Gasteiger charge is -2.24. The minimum atomic E-state index is 0.242. The van der Waals surface area contributed by atoms with Crippen LogP contribution in [0.4, 0.5) is 0 Å². The highest BCUT2D eigenvalue weighted by Crippen LogP contribution is 2.28. The van der Waals surface area contributed by atoms with Crippen LogP contribution in [0.15, 0.2) is 47.3 Å². The Morgan fingerprint density at radius 2 is 1.91 bits per heavy atom. The molecule has 4 rings (SSSR count). The van der Waals surface area contributed by atoms with E-state index in [1.807, 2.05) is 6.07 Å². The number of hydrogen-bond acceptors (Lipinski definition) is 3. The van der Waals surface area contributed by atoms with Crippen molar-refractivity contribution in [1.29, 1.82) is 0 Å². The zero-order chi connectivity index (χ0) is 14.9. The quantitative estimate of drug-likeness (QED) is 0.940. The number of amides is 1. The summed E-state index contributed by atoms with van der Waals surface area (Å²) < 4.78 is 5.07. The summed E-state index contributed by atoms with van der Waals surface area (Å²) in [5.41, 5.74) is 3.92. The number of carbonyl (C=O) groups excluding carboxylic acids is 1. The molecule has 0 saturated carbocycles. The van der Waals surface area contributed by atoms with Crippen LogP contribution in [0.3, 0.4) is 0 Å². The zero-order valence-electron chi connectivity index (χ0n) is 12.5. The topological polar surface area (TPSA) is 45.5 Å². The van der Waals surface area contributed by atoms with Gasteiger partial charge in [-0.3, -0.25) is 4.79 Å². The van der Waals surface area contributed by atoms with Crippen LogP contribution in [-0.2, 0) is 24.2 Å². The van der Waals surface area contributed by atoms with Gasteiger partial charge in [-0.1, -0.05) is 24.3 Å². The molecule has 114 valence electrons. The molecular formula is C18H20N2O2. The van der Waals surface area contributed by atoms with Crippen molar-refractivity contribution < 1.29 is 9.21 Å². The number of rotatable bonds is 4. The minimum absolute atomic E-state index is 0.242. The molecule has 1 saturated heterocycles. The average molecular weight is 296 g/mol. The van der Waals surface area contributed by atoms with Crippen LogP contribution in [-0.4, -0.2) is 29.4 Å². The summed E-state index contributed by atoms with van der Waals surface area (Å²) >= 11 is 0. The molecular weight excluding hydrogens is 276 g/mol. The third-order valence-electron chi connectivity index (χ3n) is 4.80. The van der Waals surface area contributed by atoms with Crippen molar-refractivity contribution in [3.05, 3.63) is 59.5 Å². The first-order valence-electron chi connectivity index (χ1n) is 7.90. The summed E-state index contributed by atoms with van der Waals surface area (Å²) in [6.07, 6.45) is 6.02. The first-order valence-corrected chi connectivity index (χ1v) is 7.90. The first kappa shape index (κ1) is 13.6. The molecule has 1 amide bonds. The number of nitrogens with zero attached hydrogens (tertiary/aromatic N) is 1. The van der Waals surface area contributed by atoms with Gasteiger partial charge in [-0.15, -0.1) is 0 Å². The normalized spacial score (nSPS) is 21.5. The van der Waals surface area contributed by atoms with Gasteiger partial charge in [-0.25, -0.2) is 0 Å². The van der Waals surface area contributed by atoms with Gasteiger partial charge < -0.3 is 14.6 Å². The minimum Gasteiger partial charge on any atom is -0.472 e. The van der Waals surface area contributed by atoms with Crippen LogP contribution in [0.5, 0.6) is 0 Å². The maximum atomic E-state index is 12.4. The van der Waals surface area contributed by atoms with Crippen LogP contribution >= 0.6 is 0 Å². The summed E-state index contributed by atoms with van der Waals surface area (Å²) in [5, 5.41) is 3.47. The van der Waals surface area contributed by atoms with Crippen LogP contribution in [0.2, 0.25) is 0 Å². The maximum absolute atomic E-state index is 12.4. The highest BCUT2D eigenvalue weighted by molar-refractivity contribution is 5.79. The van der Waals surface area contributed by atoms with Gasteiger partial charge >= 0.3 is 0 Å². The number of carbonyl (C=O) groups is 1. The maximum Gasteiger partial charge on any atom is 0.224 e. The SMILES string of the molecule is O=C1C[C@@H](NCc2ccoc2)CN1C1Cc2ccccc2C1. The fourth-order valence-electron chi connectivity index (χ4n) is 3.63. The molecule has 1 fully saturated rings. The van der Waals surface area contributed by atoms with E-state index in [4.69, 9.17) is 4.42 Å². The van der Waals surface area contributed by atoms with Crippen molar-refractivity contribution in [1.82, 2.24) is 10.2 Å². The molecule has 1 aromatic carbocycles.